The van der Waals surface area contributed by atoms with Gasteiger partial charge in [-0.25, -0.2) is 8.78 Å². The van der Waals surface area contributed by atoms with Crippen molar-refractivity contribution in [3.8, 4) is 22.8 Å². The molecule has 3 aromatic carbocycles. The molecule has 0 N–H and O–H groups in total. The Morgan fingerprint density at radius 2 is 1.67 bits per heavy atom. The van der Waals surface area contributed by atoms with Crippen LogP contribution in [0.3, 0.4) is 0 Å². The largest absolute Gasteiger partial charge is 0.497 e. The van der Waals surface area contributed by atoms with Gasteiger partial charge in [0, 0.05) is 22.6 Å². The molecule has 0 unspecified atom stereocenters. The summed E-state index contributed by atoms with van der Waals surface area (Å²) in [5.41, 5.74) is 3.17. The molecule has 1 heterocycles. The second-order valence-electron chi connectivity index (χ2n) is 6.73. The van der Waals surface area contributed by atoms with E-state index in [2.05, 4.69) is 10.2 Å². The van der Waals surface area contributed by atoms with Gasteiger partial charge in [0.05, 0.1) is 7.11 Å². The van der Waals surface area contributed by atoms with Crippen molar-refractivity contribution in [1.82, 2.24) is 14.8 Å². The van der Waals surface area contributed by atoms with Gasteiger partial charge in [-0.3, -0.25) is 4.57 Å². The molecule has 0 radical (unpaired) electrons. The van der Waals surface area contributed by atoms with Crippen LogP contribution in [0, 0.1) is 18.6 Å². The van der Waals surface area contributed by atoms with Crippen LogP contribution < -0.4 is 4.74 Å². The van der Waals surface area contributed by atoms with E-state index in [-0.39, 0.29) is 11.3 Å². The van der Waals surface area contributed by atoms with Crippen molar-refractivity contribution in [3.05, 3.63) is 89.5 Å². The van der Waals surface area contributed by atoms with Crippen LogP contribution in [-0.2, 0) is 5.75 Å². The number of aromatic nitrogens is 3. The molecule has 0 bridgehead atoms. The maximum atomic E-state index is 14.0. The topological polar surface area (TPSA) is 39.9 Å². The van der Waals surface area contributed by atoms with Crippen LogP contribution in [0.25, 0.3) is 17.1 Å². The number of thioether (sulfide) groups is 1. The Kier molecular flexibility index (Phi) is 5.81. The summed E-state index contributed by atoms with van der Waals surface area (Å²) in [7, 11) is 1.62. The lowest BCUT2D eigenvalue weighted by Gasteiger charge is -2.11. The molecule has 7 heteroatoms. The third kappa shape index (κ3) is 4.21. The number of hydrogen-bond donors (Lipinski definition) is 0. The molecule has 0 aliphatic heterocycles. The van der Waals surface area contributed by atoms with Gasteiger partial charge in [-0.15, -0.1) is 10.2 Å². The van der Waals surface area contributed by atoms with Crippen molar-refractivity contribution >= 4 is 11.8 Å². The molecule has 4 aromatic rings. The Labute approximate surface area is 177 Å². The first-order valence-electron chi connectivity index (χ1n) is 9.29. The number of methoxy groups -OCH3 is 1. The fourth-order valence-electron chi connectivity index (χ4n) is 3.01. The summed E-state index contributed by atoms with van der Waals surface area (Å²) >= 11 is 1.30. The second-order valence-corrected chi connectivity index (χ2v) is 7.67. The molecule has 4 nitrogen and oxygen atoms in total. The smallest absolute Gasteiger partial charge is 0.196 e. The van der Waals surface area contributed by atoms with E-state index in [0.717, 1.165) is 34.7 Å². The first-order chi connectivity index (χ1) is 14.5. The maximum absolute atomic E-state index is 14.0. The fourth-order valence-corrected chi connectivity index (χ4v) is 3.94. The van der Waals surface area contributed by atoms with Crippen LogP contribution in [0.4, 0.5) is 8.78 Å². The molecule has 0 fully saturated rings. The molecule has 1 aromatic heterocycles. The first kappa shape index (κ1) is 20.1. The monoisotopic (exact) mass is 423 g/mol. The van der Waals surface area contributed by atoms with E-state index in [4.69, 9.17) is 4.74 Å². The highest BCUT2D eigenvalue weighted by Gasteiger charge is 2.17. The van der Waals surface area contributed by atoms with Gasteiger partial charge in [0.2, 0.25) is 0 Å². The predicted octanol–water partition coefficient (Wildman–Crippen LogP) is 5.82. The summed E-state index contributed by atoms with van der Waals surface area (Å²) in [4.78, 5) is 0. The number of aryl methyl sites for hydroxylation is 1. The molecule has 4 rings (SSSR count). The zero-order valence-corrected chi connectivity index (χ0v) is 17.3. The van der Waals surface area contributed by atoms with Gasteiger partial charge in [0.25, 0.3) is 0 Å². The number of benzene rings is 3. The van der Waals surface area contributed by atoms with E-state index in [9.17, 15) is 8.78 Å². The third-order valence-corrected chi connectivity index (χ3v) is 5.62. The van der Waals surface area contributed by atoms with Gasteiger partial charge in [0.15, 0.2) is 11.0 Å². The van der Waals surface area contributed by atoms with Crippen molar-refractivity contribution < 1.29 is 13.5 Å². The third-order valence-electron chi connectivity index (χ3n) is 4.64. The standard InChI is InChI=1S/C23H19F2N3OS/c1-15-3-8-19(9-4-15)28-22(16-5-10-20(29-2)11-6-16)26-27-23(28)30-14-17-13-18(24)7-12-21(17)25/h3-13H,14H2,1-2H3. The normalized spacial score (nSPS) is 10.9. The number of hydrogen-bond acceptors (Lipinski definition) is 4. The molecule has 0 saturated carbocycles. The Morgan fingerprint density at radius 3 is 2.37 bits per heavy atom. The van der Waals surface area contributed by atoms with Crippen LogP contribution in [0.15, 0.2) is 71.9 Å². The van der Waals surface area contributed by atoms with Gasteiger partial charge < -0.3 is 4.74 Å². The molecule has 30 heavy (non-hydrogen) atoms. The molecular weight excluding hydrogens is 404 g/mol. The van der Waals surface area contributed by atoms with E-state index in [1.807, 2.05) is 60.0 Å². The van der Waals surface area contributed by atoms with E-state index in [1.165, 1.54) is 17.8 Å². The van der Waals surface area contributed by atoms with Gasteiger partial charge in [0.1, 0.15) is 17.4 Å². The second kappa shape index (κ2) is 8.67. The minimum atomic E-state index is -0.467. The van der Waals surface area contributed by atoms with Crippen molar-refractivity contribution in [3.63, 3.8) is 0 Å². The van der Waals surface area contributed by atoms with Gasteiger partial charge >= 0.3 is 0 Å². The minimum absolute atomic E-state index is 0.232. The van der Waals surface area contributed by atoms with Crippen LogP contribution in [0.2, 0.25) is 0 Å². The quantitative estimate of drug-likeness (QED) is 0.366. The molecular formula is C23H19F2N3OS. The van der Waals surface area contributed by atoms with Crippen molar-refractivity contribution in [2.75, 3.05) is 7.11 Å². The molecule has 0 spiro atoms. The number of halogens is 2. The highest BCUT2D eigenvalue weighted by atomic mass is 32.2. The number of nitrogens with zero attached hydrogens (tertiary/aromatic N) is 3. The summed E-state index contributed by atoms with van der Waals surface area (Å²) < 4.78 is 34.7. The molecule has 0 atom stereocenters. The molecule has 0 saturated heterocycles. The van der Waals surface area contributed by atoms with Gasteiger partial charge in [-0.1, -0.05) is 29.5 Å². The van der Waals surface area contributed by atoms with Crippen LogP contribution in [0.5, 0.6) is 5.75 Å². The number of ether oxygens (including phenoxy) is 1. The maximum Gasteiger partial charge on any atom is 0.196 e. The first-order valence-corrected chi connectivity index (χ1v) is 10.3. The highest BCUT2D eigenvalue weighted by Crippen LogP contribution is 2.31. The van der Waals surface area contributed by atoms with Gasteiger partial charge in [-0.2, -0.15) is 0 Å². The Hall–Kier alpha value is -3.19. The van der Waals surface area contributed by atoms with Crippen molar-refractivity contribution in [1.29, 1.82) is 0 Å². The lowest BCUT2D eigenvalue weighted by molar-refractivity contribution is 0.415. The van der Waals surface area contributed by atoms with Crippen LogP contribution in [-0.4, -0.2) is 21.9 Å². The fraction of sp³-hybridized carbons (Fsp3) is 0.130. The molecule has 152 valence electrons. The lowest BCUT2D eigenvalue weighted by Crippen LogP contribution is -2.00. The van der Waals surface area contributed by atoms with Crippen molar-refractivity contribution in [2.45, 2.75) is 17.8 Å². The zero-order chi connectivity index (χ0) is 21.1. The zero-order valence-electron chi connectivity index (χ0n) is 16.5. The summed E-state index contributed by atoms with van der Waals surface area (Å²) in [5.74, 6) is 0.725. The molecule has 0 amide bonds. The average molecular weight is 423 g/mol. The summed E-state index contributed by atoms with van der Waals surface area (Å²) in [6.45, 7) is 2.02. The number of rotatable bonds is 6. The van der Waals surface area contributed by atoms with Crippen LogP contribution >= 0.6 is 11.8 Å². The Balaban J connectivity index is 1.73. The summed E-state index contributed by atoms with van der Waals surface area (Å²) in [5, 5.41) is 9.30. The SMILES string of the molecule is COc1ccc(-c2nnc(SCc3cc(F)ccc3F)n2-c2ccc(C)cc2)cc1. The van der Waals surface area contributed by atoms with E-state index in [1.54, 1.807) is 7.11 Å². The Bertz CT molecular complexity index is 1160. The van der Waals surface area contributed by atoms with E-state index in [0.29, 0.717) is 11.0 Å². The summed E-state index contributed by atoms with van der Waals surface area (Å²) in [6.07, 6.45) is 0. The van der Waals surface area contributed by atoms with E-state index < -0.39 is 11.6 Å². The minimum Gasteiger partial charge on any atom is -0.497 e. The average Bonchev–Trinajstić information content (AvgIpc) is 3.19. The Morgan fingerprint density at radius 1 is 0.933 bits per heavy atom. The lowest BCUT2D eigenvalue weighted by atomic mass is 10.2. The summed E-state index contributed by atoms with van der Waals surface area (Å²) in [6, 6.07) is 19.0. The molecule has 0 aliphatic rings. The molecule has 0 aliphatic carbocycles. The highest BCUT2D eigenvalue weighted by molar-refractivity contribution is 7.98. The van der Waals surface area contributed by atoms with Crippen molar-refractivity contribution in [2.24, 2.45) is 0 Å². The van der Waals surface area contributed by atoms with E-state index >= 15 is 0 Å². The van der Waals surface area contributed by atoms with Crippen LogP contribution in [0.1, 0.15) is 11.1 Å². The predicted molar refractivity (Wildman–Crippen MR) is 114 cm³/mol. The van der Waals surface area contributed by atoms with Gasteiger partial charge in [-0.05, 0) is 61.5 Å².